The Morgan fingerprint density at radius 1 is 0.906 bits per heavy atom. The lowest BCUT2D eigenvalue weighted by atomic mass is 10.1. The Morgan fingerprint density at radius 2 is 1.59 bits per heavy atom. The van der Waals surface area contributed by atoms with E-state index in [1.807, 2.05) is 18.2 Å². The van der Waals surface area contributed by atoms with Crippen molar-refractivity contribution < 1.29 is 23.5 Å². The van der Waals surface area contributed by atoms with E-state index in [0.29, 0.717) is 33.9 Å². The third-order valence-electron chi connectivity index (χ3n) is 5.04. The van der Waals surface area contributed by atoms with Gasteiger partial charge in [-0.15, -0.1) is 0 Å². The van der Waals surface area contributed by atoms with Crippen LogP contribution in [0.3, 0.4) is 0 Å². The highest BCUT2D eigenvalue weighted by Crippen LogP contribution is 2.33. The molecule has 0 amide bonds. The lowest BCUT2D eigenvalue weighted by Crippen LogP contribution is -2.15. The molecular formula is C25H20BrNO5. The van der Waals surface area contributed by atoms with Crippen LogP contribution in [0, 0.1) is 0 Å². The van der Waals surface area contributed by atoms with Crippen molar-refractivity contribution in [3.8, 4) is 11.5 Å². The Morgan fingerprint density at radius 3 is 2.31 bits per heavy atom. The fourth-order valence-electron chi connectivity index (χ4n) is 3.39. The van der Waals surface area contributed by atoms with Crippen molar-refractivity contribution in [1.82, 2.24) is 0 Å². The summed E-state index contributed by atoms with van der Waals surface area (Å²) >= 11 is 3.37. The van der Waals surface area contributed by atoms with Gasteiger partial charge in [0.05, 0.1) is 26.5 Å². The first-order chi connectivity index (χ1) is 15.5. The van der Waals surface area contributed by atoms with Crippen LogP contribution in [-0.4, -0.2) is 32.3 Å². The van der Waals surface area contributed by atoms with Crippen molar-refractivity contribution in [3.63, 3.8) is 0 Å². The molecule has 1 N–H and O–H groups in total. The highest BCUT2D eigenvalue weighted by atomic mass is 79.9. The summed E-state index contributed by atoms with van der Waals surface area (Å²) in [4.78, 5) is 26.0. The first kappa shape index (κ1) is 21.6. The average molecular weight is 494 g/mol. The fourth-order valence-corrected chi connectivity index (χ4v) is 3.66. The van der Waals surface area contributed by atoms with Gasteiger partial charge in [-0.25, -0.2) is 0 Å². The van der Waals surface area contributed by atoms with Gasteiger partial charge < -0.3 is 19.2 Å². The van der Waals surface area contributed by atoms with Crippen LogP contribution in [0.15, 0.2) is 75.6 Å². The van der Waals surface area contributed by atoms with Gasteiger partial charge in [-0.1, -0.05) is 28.1 Å². The van der Waals surface area contributed by atoms with Crippen molar-refractivity contribution in [2.75, 3.05) is 26.1 Å². The second kappa shape index (κ2) is 9.28. The Balaban J connectivity index is 1.64. The second-order valence-electron chi connectivity index (χ2n) is 6.98. The number of carbonyl (C=O) groups is 2. The molecule has 0 spiro atoms. The number of benzene rings is 3. The molecule has 3 aromatic carbocycles. The number of hydrogen-bond donors (Lipinski definition) is 1. The predicted octanol–water partition coefficient (Wildman–Crippen LogP) is 5.74. The first-order valence-corrected chi connectivity index (χ1v) is 10.6. The van der Waals surface area contributed by atoms with Crippen LogP contribution in [0.5, 0.6) is 11.5 Å². The van der Waals surface area contributed by atoms with Gasteiger partial charge in [-0.05, 0) is 54.6 Å². The largest absolute Gasteiger partial charge is 0.493 e. The Labute approximate surface area is 193 Å². The minimum atomic E-state index is -0.269. The minimum Gasteiger partial charge on any atom is -0.493 e. The van der Waals surface area contributed by atoms with Gasteiger partial charge in [0.25, 0.3) is 0 Å². The van der Waals surface area contributed by atoms with Gasteiger partial charge in [-0.2, -0.15) is 0 Å². The van der Waals surface area contributed by atoms with E-state index in [-0.39, 0.29) is 23.9 Å². The number of ketones is 2. The lowest BCUT2D eigenvalue weighted by molar-refractivity contribution is 0.0997. The third-order valence-corrected chi connectivity index (χ3v) is 5.57. The van der Waals surface area contributed by atoms with Crippen molar-refractivity contribution >= 4 is 44.2 Å². The summed E-state index contributed by atoms with van der Waals surface area (Å²) in [5.74, 6) is 0.736. The Kier molecular flexibility index (Phi) is 6.28. The lowest BCUT2D eigenvalue weighted by Gasteiger charge is -2.10. The van der Waals surface area contributed by atoms with E-state index in [2.05, 4.69) is 21.2 Å². The van der Waals surface area contributed by atoms with Crippen LogP contribution in [0.4, 0.5) is 5.69 Å². The molecular weight excluding hydrogens is 474 g/mol. The smallest absolute Gasteiger partial charge is 0.230 e. The molecule has 6 nitrogen and oxygen atoms in total. The number of methoxy groups -OCH3 is 2. The zero-order chi connectivity index (χ0) is 22.7. The molecule has 0 radical (unpaired) electrons. The number of anilines is 1. The predicted molar refractivity (Wildman–Crippen MR) is 126 cm³/mol. The van der Waals surface area contributed by atoms with Gasteiger partial charge in [0.1, 0.15) is 5.58 Å². The molecule has 0 saturated carbocycles. The molecule has 0 aliphatic heterocycles. The standard InChI is InChI=1S/C25H20BrNO5/c1-30-21-12-9-16(13-22(21)31-2)19(28)14-27-23-18-5-3-4-6-20(18)32-25(23)24(29)15-7-10-17(26)11-8-15/h3-13,27H,14H2,1-2H3. The monoisotopic (exact) mass is 493 g/mol. The van der Waals surface area contributed by atoms with Gasteiger partial charge >= 0.3 is 0 Å². The molecule has 1 aromatic heterocycles. The van der Waals surface area contributed by atoms with Crippen molar-refractivity contribution in [2.24, 2.45) is 0 Å². The van der Waals surface area contributed by atoms with Crippen LogP contribution >= 0.6 is 15.9 Å². The van der Waals surface area contributed by atoms with Crippen molar-refractivity contribution in [1.29, 1.82) is 0 Å². The SMILES string of the molecule is COc1ccc(C(=O)CNc2c(C(=O)c3ccc(Br)cc3)oc3ccccc23)cc1OC. The van der Waals surface area contributed by atoms with E-state index < -0.39 is 0 Å². The normalized spacial score (nSPS) is 10.7. The number of halogens is 1. The Hall–Kier alpha value is -3.58. The third kappa shape index (κ3) is 4.24. The summed E-state index contributed by atoms with van der Waals surface area (Å²) in [7, 11) is 3.05. The number of furan rings is 1. The molecule has 0 atom stereocenters. The van der Waals surface area contributed by atoms with Crippen molar-refractivity contribution in [3.05, 3.63) is 88.1 Å². The molecule has 7 heteroatoms. The van der Waals surface area contributed by atoms with E-state index in [4.69, 9.17) is 13.9 Å². The second-order valence-corrected chi connectivity index (χ2v) is 7.90. The summed E-state index contributed by atoms with van der Waals surface area (Å²) in [5, 5.41) is 3.85. The quantitative estimate of drug-likeness (QED) is 0.315. The molecule has 4 aromatic rings. The number of fused-ring (bicyclic) bond motifs is 1. The Bertz CT molecular complexity index is 1290. The van der Waals surface area contributed by atoms with E-state index in [9.17, 15) is 9.59 Å². The first-order valence-electron chi connectivity index (χ1n) is 9.82. The van der Waals surface area contributed by atoms with Gasteiger partial charge in [-0.3, -0.25) is 9.59 Å². The van der Waals surface area contributed by atoms with Gasteiger partial charge in [0.2, 0.25) is 5.78 Å². The van der Waals surface area contributed by atoms with Gasteiger partial charge in [0, 0.05) is 21.0 Å². The highest BCUT2D eigenvalue weighted by molar-refractivity contribution is 9.10. The number of carbonyl (C=O) groups excluding carboxylic acids is 2. The zero-order valence-corrected chi connectivity index (χ0v) is 19.1. The maximum Gasteiger partial charge on any atom is 0.230 e. The van der Waals surface area contributed by atoms with E-state index in [1.54, 1.807) is 48.5 Å². The molecule has 32 heavy (non-hydrogen) atoms. The number of para-hydroxylation sites is 1. The summed E-state index contributed by atoms with van der Waals surface area (Å²) in [5.41, 5.74) is 2.00. The van der Waals surface area contributed by atoms with Crippen LogP contribution in [0.2, 0.25) is 0 Å². The van der Waals surface area contributed by atoms with Crippen LogP contribution in [0.25, 0.3) is 11.0 Å². The van der Waals surface area contributed by atoms with E-state index >= 15 is 0 Å². The molecule has 1 heterocycles. The molecule has 0 unspecified atom stereocenters. The summed E-state index contributed by atoms with van der Waals surface area (Å²) in [6.07, 6.45) is 0. The molecule has 0 aliphatic carbocycles. The molecule has 0 bridgehead atoms. The highest BCUT2D eigenvalue weighted by Gasteiger charge is 2.22. The van der Waals surface area contributed by atoms with Crippen LogP contribution < -0.4 is 14.8 Å². The van der Waals surface area contributed by atoms with Crippen LogP contribution in [0.1, 0.15) is 26.5 Å². The maximum atomic E-state index is 13.2. The molecule has 4 rings (SSSR count). The average Bonchev–Trinajstić information content (AvgIpc) is 3.20. The summed E-state index contributed by atoms with van der Waals surface area (Å²) in [6.45, 7) is -0.0281. The minimum absolute atomic E-state index is 0.0281. The number of Topliss-reactive ketones (excluding diaryl/α,β-unsaturated/α-hetero) is 1. The number of hydrogen-bond acceptors (Lipinski definition) is 6. The fraction of sp³-hybridized carbons (Fsp3) is 0.120. The number of rotatable bonds is 8. The zero-order valence-electron chi connectivity index (χ0n) is 17.5. The molecule has 162 valence electrons. The maximum absolute atomic E-state index is 13.2. The summed E-state index contributed by atoms with van der Waals surface area (Å²) < 4.78 is 17.3. The van der Waals surface area contributed by atoms with Gasteiger partial charge in [0.15, 0.2) is 23.0 Å². The number of nitrogens with one attached hydrogen (secondary N) is 1. The molecule has 0 saturated heterocycles. The summed E-state index contributed by atoms with van der Waals surface area (Å²) in [6, 6.07) is 19.3. The van der Waals surface area contributed by atoms with E-state index in [0.717, 1.165) is 9.86 Å². The van der Waals surface area contributed by atoms with Crippen molar-refractivity contribution in [2.45, 2.75) is 0 Å². The van der Waals surface area contributed by atoms with E-state index in [1.165, 1.54) is 14.2 Å². The topological polar surface area (TPSA) is 77.8 Å². The number of ether oxygens (including phenoxy) is 2. The molecule has 0 aliphatic rings. The molecule has 0 fully saturated rings. The van der Waals surface area contributed by atoms with Crippen LogP contribution in [-0.2, 0) is 0 Å².